The average Bonchev–Trinajstić information content (AvgIpc) is 3.14. The number of hydrogen-bond acceptors (Lipinski definition) is 2. The van der Waals surface area contributed by atoms with Crippen molar-refractivity contribution in [1.29, 1.82) is 0 Å². The average molecular weight is 409 g/mol. The SMILES string of the molecule is Fc1ccc2nccc(C3CCC(CCc4nc5cc(F)c(F)cc5[nH]4)CC3)c2c1. The fourth-order valence-corrected chi connectivity index (χ4v) is 4.77. The van der Waals surface area contributed by atoms with E-state index in [2.05, 4.69) is 15.0 Å². The molecule has 1 fully saturated rings. The molecule has 2 aromatic heterocycles. The second-order valence-electron chi connectivity index (χ2n) is 8.28. The lowest BCUT2D eigenvalue weighted by Gasteiger charge is -2.29. The maximum atomic E-state index is 13.8. The maximum absolute atomic E-state index is 13.8. The first-order chi connectivity index (χ1) is 14.6. The van der Waals surface area contributed by atoms with E-state index in [4.69, 9.17) is 0 Å². The van der Waals surface area contributed by atoms with Gasteiger partial charge < -0.3 is 4.98 Å². The summed E-state index contributed by atoms with van der Waals surface area (Å²) in [5.41, 5.74) is 3.03. The van der Waals surface area contributed by atoms with Gasteiger partial charge in [-0.3, -0.25) is 4.98 Å². The zero-order valence-corrected chi connectivity index (χ0v) is 16.5. The first-order valence-electron chi connectivity index (χ1n) is 10.4. The molecule has 2 heterocycles. The van der Waals surface area contributed by atoms with Crippen LogP contribution < -0.4 is 0 Å². The second kappa shape index (κ2) is 7.74. The summed E-state index contributed by atoms with van der Waals surface area (Å²) in [5, 5.41) is 0.919. The zero-order chi connectivity index (χ0) is 20.7. The quantitative estimate of drug-likeness (QED) is 0.422. The summed E-state index contributed by atoms with van der Waals surface area (Å²) >= 11 is 0. The van der Waals surface area contributed by atoms with E-state index < -0.39 is 11.6 Å². The number of imidazole rings is 1. The van der Waals surface area contributed by atoms with Gasteiger partial charge in [-0.05, 0) is 73.8 Å². The summed E-state index contributed by atoms with van der Waals surface area (Å²) in [6.45, 7) is 0. The van der Waals surface area contributed by atoms with E-state index in [-0.39, 0.29) is 5.82 Å². The van der Waals surface area contributed by atoms with Crippen LogP contribution in [0.4, 0.5) is 13.2 Å². The van der Waals surface area contributed by atoms with Gasteiger partial charge in [-0.25, -0.2) is 18.2 Å². The smallest absolute Gasteiger partial charge is 0.161 e. The molecule has 6 heteroatoms. The van der Waals surface area contributed by atoms with Crippen molar-refractivity contribution in [2.45, 2.75) is 44.4 Å². The van der Waals surface area contributed by atoms with E-state index in [0.29, 0.717) is 22.9 Å². The molecule has 30 heavy (non-hydrogen) atoms. The first-order valence-corrected chi connectivity index (χ1v) is 10.4. The minimum atomic E-state index is -0.873. The van der Waals surface area contributed by atoms with Crippen LogP contribution in [0.25, 0.3) is 21.9 Å². The normalized spacial score (nSPS) is 19.6. The van der Waals surface area contributed by atoms with Crippen molar-refractivity contribution in [2.24, 2.45) is 5.92 Å². The highest BCUT2D eigenvalue weighted by atomic mass is 19.2. The molecular weight excluding hydrogens is 387 g/mol. The van der Waals surface area contributed by atoms with Crippen LogP contribution in [0, 0.1) is 23.4 Å². The molecule has 5 rings (SSSR count). The van der Waals surface area contributed by atoms with Gasteiger partial charge in [0, 0.05) is 30.1 Å². The van der Waals surface area contributed by atoms with Crippen molar-refractivity contribution in [3.63, 3.8) is 0 Å². The highest BCUT2D eigenvalue weighted by Crippen LogP contribution is 2.39. The van der Waals surface area contributed by atoms with Crippen LogP contribution in [0.5, 0.6) is 0 Å². The summed E-state index contributed by atoms with van der Waals surface area (Å²) in [6.07, 6.45) is 7.91. The molecule has 1 aliphatic rings. The van der Waals surface area contributed by atoms with Crippen molar-refractivity contribution in [3.05, 3.63) is 71.4 Å². The second-order valence-corrected chi connectivity index (χ2v) is 8.28. The maximum Gasteiger partial charge on any atom is 0.161 e. The van der Waals surface area contributed by atoms with Crippen molar-refractivity contribution in [3.8, 4) is 0 Å². The number of rotatable bonds is 4. The van der Waals surface area contributed by atoms with Gasteiger partial charge in [0.15, 0.2) is 11.6 Å². The standard InChI is InChI=1S/C24H22F3N3/c25-16-6-7-21-18(11-16)17(9-10-28-21)15-4-1-14(2-5-15)3-8-24-29-22-12-19(26)20(27)13-23(22)30-24/h6-7,9-15H,1-5,8H2,(H,29,30). The van der Waals surface area contributed by atoms with Gasteiger partial charge in [-0.2, -0.15) is 0 Å². The third kappa shape index (κ3) is 3.66. The summed E-state index contributed by atoms with van der Waals surface area (Å²) in [6, 6.07) is 9.12. The molecule has 3 nitrogen and oxygen atoms in total. The molecule has 0 unspecified atom stereocenters. The molecule has 1 aliphatic carbocycles. The number of nitrogens with one attached hydrogen (secondary N) is 1. The van der Waals surface area contributed by atoms with Crippen LogP contribution >= 0.6 is 0 Å². The Kier molecular flexibility index (Phi) is 4.93. The molecule has 0 atom stereocenters. The number of fused-ring (bicyclic) bond motifs is 2. The van der Waals surface area contributed by atoms with Crippen molar-refractivity contribution in [1.82, 2.24) is 15.0 Å². The van der Waals surface area contributed by atoms with Crippen LogP contribution in [0.3, 0.4) is 0 Å². The highest BCUT2D eigenvalue weighted by Gasteiger charge is 2.24. The Balaban J connectivity index is 1.23. The van der Waals surface area contributed by atoms with Crippen molar-refractivity contribution in [2.75, 3.05) is 0 Å². The predicted molar refractivity (Wildman–Crippen MR) is 111 cm³/mol. The van der Waals surface area contributed by atoms with Gasteiger partial charge >= 0.3 is 0 Å². The molecule has 1 N–H and O–H groups in total. The Morgan fingerprint density at radius 2 is 1.70 bits per heavy atom. The Hall–Kier alpha value is -2.89. The van der Waals surface area contributed by atoms with Gasteiger partial charge in [0.05, 0.1) is 16.6 Å². The van der Waals surface area contributed by atoms with E-state index in [9.17, 15) is 13.2 Å². The fraction of sp³-hybridized carbons (Fsp3) is 0.333. The Morgan fingerprint density at radius 1 is 0.900 bits per heavy atom. The molecule has 0 aliphatic heterocycles. The van der Waals surface area contributed by atoms with Crippen LogP contribution in [-0.4, -0.2) is 15.0 Å². The van der Waals surface area contributed by atoms with E-state index in [1.165, 1.54) is 11.6 Å². The number of nitrogens with zero attached hydrogens (tertiary/aromatic N) is 2. The minimum Gasteiger partial charge on any atom is -0.342 e. The lowest BCUT2D eigenvalue weighted by molar-refractivity contribution is 0.310. The van der Waals surface area contributed by atoms with Gasteiger partial charge in [0.2, 0.25) is 0 Å². The van der Waals surface area contributed by atoms with E-state index in [0.717, 1.165) is 67.4 Å². The number of aryl methyl sites for hydroxylation is 1. The van der Waals surface area contributed by atoms with E-state index in [1.807, 2.05) is 12.3 Å². The molecule has 0 radical (unpaired) electrons. The number of halogens is 3. The molecule has 4 aromatic rings. The minimum absolute atomic E-state index is 0.226. The Morgan fingerprint density at radius 3 is 2.53 bits per heavy atom. The lowest BCUT2D eigenvalue weighted by atomic mass is 9.76. The molecule has 2 aromatic carbocycles. The number of aromatic amines is 1. The molecule has 0 amide bonds. The molecule has 1 saturated carbocycles. The van der Waals surface area contributed by atoms with Crippen LogP contribution in [-0.2, 0) is 6.42 Å². The lowest BCUT2D eigenvalue weighted by Crippen LogP contribution is -2.14. The third-order valence-electron chi connectivity index (χ3n) is 6.39. The molecule has 0 bridgehead atoms. The van der Waals surface area contributed by atoms with Gasteiger partial charge in [0.25, 0.3) is 0 Å². The largest absolute Gasteiger partial charge is 0.342 e. The fourth-order valence-electron chi connectivity index (χ4n) is 4.77. The summed E-state index contributed by atoms with van der Waals surface area (Å²) in [5.74, 6) is -0.177. The number of aromatic nitrogens is 3. The van der Waals surface area contributed by atoms with Crippen molar-refractivity contribution >= 4 is 21.9 Å². The summed E-state index contributed by atoms with van der Waals surface area (Å²) in [4.78, 5) is 11.9. The Labute approximate surface area is 172 Å². The molecular formula is C24H22F3N3. The van der Waals surface area contributed by atoms with Crippen LogP contribution in [0.2, 0.25) is 0 Å². The number of hydrogen-bond donors (Lipinski definition) is 1. The van der Waals surface area contributed by atoms with Crippen LogP contribution in [0.15, 0.2) is 42.6 Å². The molecule has 0 saturated heterocycles. The summed E-state index contributed by atoms with van der Waals surface area (Å²) < 4.78 is 40.5. The number of benzene rings is 2. The number of pyridine rings is 1. The molecule has 154 valence electrons. The first kappa shape index (κ1) is 19.1. The van der Waals surface area contributed by atoms with E-state index in [1.54, 1.807) is 12.1 Å². The van der Waals surface area contributed by atoms with E-state index >= 15 is 0 Å². The summed E-state index contributed by atoms with van der Waals surface area (Å²) in [7, 11) is 0. The predicted octanol–water partition coefficient (Wildman–Crippen LogP) is 6.44. The van der Waals surface area contributed by atoms with Crippen LogP contribution in [0.1, 0.15) is 49.4 Å². The van der Waals surface area contributed by atoms with Gasteiger partial charge in [-0.15, -0.1) is 0 Å². The van der Waals surface area contributed by atoms with Gasteiger partial charge in [0.1, 0.15) is 11.6 Å². The van der Waals surface area contributed by atoms with Crippen molar-refractivity contribution < 1.29 is 13.2 Å². The monoisotopic (exact) mass is 409 g/mol. The Bertz CT molecular complexity index is 1170. The zero-order valence-electron chi connectivity index (χ0n) is 16.5. The topological polar surface area (TPSA) is 41.6 Å². The van der Waals surface area contributed by atoms with Gasteiger partial charge in [-0.1, -0.05) is 0 Å². The number of H-pyrrole nitrogens is 1. The molecule has 0 spiro atoms. The highest BCUT2D eigenvalue weighted by molar-refractivity contribution is 5.82. The third-order valence-corrected chi connectivity index (χ3v) is 6.39.